The van der Waals surface area contributed by atoms with Gasteiger partial charge < -0.3 is 9.47 Å². The third-order valence-corrected chi connectivity index (χ3v) is 2.93. The van der Waals surface area contributed by atoms with E-state index in [1.54, 1.807) is 37.4 Å². The summed E-state index contributed by atoms with van der Waals surface area (Å²) in [6.07, 6.45) is 1.41. The quantitative estimate of drug-likeness (QED) is 0.545. The highest BCUT2D eigenvalue weighted by atomic mass is 16.5. The summed E-state index contributed by atoms with van der Waals surface area (Å²) in [6, 6.07) is 14.1. The lowest BCUT2D eigenvalue weighted by atomic mass is 10.3. The number of nitrogens with zero attached hydrogens (tertiary/aromatic N) is 2. The van der Waals surface area contributed by atoms with Crippen molar-refractivity contribution in [1.82, 2.24) is 9.97 Å². The molecule has 0 spiro atoms. The predicted molar refractivity (Wildman–Crippen MR) is 77.5 cm³/mol. The number of hydrogen-bond acceptors (Lipinski definition) is 5. The number of methoxy groups -OCH3 is 1. The molecule has 0 bridgehead atoms. The highest BCUT2D eigenvalue weighted by Gasteiger charge is 2.11. The molecular weight excluding hydrogens is 268 g/mol. The molecule has 0 aliphatic carbocycles. The van der Waals surface area contributed by atoms with Crippen LogP contribution in [-0.2, 0) is 0 Å². The van der Waals surface area contributed by atoms with E-state index in [-0.39, 0.29) is 5.69 Å². The minimum Gasteiger partial charge on any atom is -0.497 e. The molecule has 104 valence electrons. The van der Waals surface area contributed by atoms with Crippen molar-refractivity contribution in [3.63, 3.8) is 0 Å². The number of para-hydroxylation sites is 2. The highest BCUT2D eigenvalue weighted by Crippen LogP contribution is 2.18. The summed E-state index contributed by atoms with van der Waals surface area (Å²) in [5, 5.41) is 0. The first kappa shape index (κ1) is 13.1. The lowest BCUT2D eigenvalue weighted by Crippen LogP contribution is -2.11. The van der Waals surface area contributed by atoms with E-state index >= 15 is 0 Å². The summed E-state index contributed by atoms with van der Waals surface area (Å²) < 4.78 is 10.3. The zero-order valence-corrected chi connectivity index (χ0v) is 11.3. The van der Waals surface area contributed by atoms with Gasteiger partial charge in [-0.05, 0) is 36.4 Å². The van der Waals surface area contributed by atoms with Crippen LogP contribution in [0.3, 0.4) is 0 Å². The molecule has 0 unspecified atom stereocenters. The van der Waals surface area contributed by atoms with Crippen molar-refractivity contribution in [2.45, 2.75) is 0 Å². The molecule has 0 fully saturated rings. The Morgan fingerprint density at radius 1 is 0.952 bits per heavy atom. The molecule has 1 aromatic heterocycles. The Kier molecular flexibility index (Phi) is 3.47. The molecule has 0 radical (unpaired) electrons. The molecule has 2 aromatic carbocycles. The van der Waals surface area contributed by atoms with Gasteiger partial charge in [-0.3, -0.25) is 4.98 Å². The van der Waals surface area contributed by atoms with Gasteiger partial charge >= 0.3 is 5.97 Å². The van der Waals surface area contributed by atoms with E-state index in [0.717, 1.165) is 5.52 Å². The molecule has 21 heavy (non-hydrogen) atoms. The fourth-order valence-corrected chi connectivity index (χ4v) is 1.86. The number of fused-ring (bicyclic) bond motifs is 1. The van der Waals surface area contributed by atoms with Gasteiger partial charge in [0.1, 0.15) is 11.5 Å². The summed E-state index contributed by atoms with van der Waals surface area (Å²) in [5.41, 5.74) is 1.56. The van der Waals surface area contributed by atoms with Crippen LogP contribution in [-0.4, -0.2) is 23.0 Å². The first-order chi connectivity index (χ1) is 10.3. The summed E-state index contributed by atoms with van der Waals surface area (Å²) in [7, 11) is 1.58. The largest absolute Gasteiger partial charge is 0.497 e. The Morgan fingerprint density at radius 3 is 2.33 bits per heavy atom. The minimum atomic E-state index is -0.543. The Morgan fingerprint density at radius 2 is 1.62 bits per heavy atom. The van der Waals surface area contributed by atoms with Crippen LogP contribution < -0.4 is 9.47 Å². The number of hydrogen-bond donors (Lipinski definition) is 0. The number of carbonyl (C=O) groups is 1. The number of carbonyl (C=O) groups excluding carboxylic acids is 1. The maximum Gasteiger partial charge on any atom is 0.363 e. The van der Waals surface area contributed by atoms with Gasteiger partial charge in [0.25, 0.3) is 0 Å². The molecule has 0 aliphatic heterocycles. The van der Waals surface area contributed by atoms with Crippen LogP contribution in [0.2, 0.25) is 0 Å². The van der Waals surface area contributed by atoms with Crippen molar-refractivity contribution >= 4 is 17.0 Å². The SMILES string of the molecule is COc1ccc(OC(=O)c2cnc3ccccc3n2)cc1. The fourth-order valence-electron chi connectivity index (χ4n) is 1.86. The Bertz CT molecular complexity index is 785. The van der Waals surface area contributed by atoms with Crippen LogP contribution >= 0.6 is 0 Å². The van der Waals surface area contributed by atoms with E-state index in [1.807, 2.05) is 18.2 Å². The Labute approximate surface area is 121 Å². The standard InChI is InChI=1S/C16H12N2O3/c1-20-11-6-8-12(9-7-11)21-16(19)15-10-17-13-4-2-3-5-14(13)18-15/h2-10H,1H3. The van der Waals surface area contributed by atoms with E-state index in [9.17, 15) is 4.79 Å². The lowest BCUT2D eigenvalue weighted by molar-refractivity contribution is 0.0728. The maximum absolute atomic E-state index is 12.1. The van der Waals surface area contributed by atoms with Crippen LogP contribution in [0.25, 0.3) is 11.0 Å². The van der Waals surface area contributed by atoms with E-state index in [0.29, 0.717) is 17.0 Å². The molecule has 1 heterocycles. The summed E-state index contributed by atoms with van der Waals surface area (Å²) in [4.78, 5) is 20.5. The van der Waals surface area contributed by atoms with Gasteiger partial charge in [-0.25, -0.2) is 9.78 Å². The van der Waals surface area contributed by atoms with Crippen LogP contribution in [0.4, 0.5) is 0 Å². The average molecular weight is 280 g/mol. The van der Waals surface area contributed by atoms with Gasteiger partial charge in [-0.1, -0.05) is 12.1 Å². The number of benzene rings is 2. The van der Waals surface area contributed by atoms with E-state index in [1.165, 1.54) is 6.20 Å². The molecular formula is C16H12N2O3. The number of esters is 1. The molecule has 0 aliphatic rings. The van der Waals surface area contributed by atoms with Crippen molar-refractivity contribution in [3.8, 4) is 11.5 Å². The van der Waals surface area contributed by atoms with Gasteiger partial charge in [0.15, 0.2) is 5.69 Å². The second kappa shape index (κ2) is 5.58. The monoisotopic (exact) mass is 280 g/mol. The van der Waals surface area contributed by atoms with Crippen molar-refractivity contribution < 1.29 is 14.3 Å². The first-order valence-electron chi connectivity index (χ1n) is 6.34. The van der Waals surface area contributed by atoms with Gasteiger partial charge in [0, 0.05) is 0 Å². The van der Waals surface area contributed by atoms with Gasteiger partial charge in [-0.15, -0.1) is 0 Å². The number of ether oxygens (including phenoxy) is 2. The topological polar surface area (TPSA) is 61.3 Å². The summed E-state index contributed by atoms with van der Waals surface area (Å²) >= 11 is 0. The second-order valence-electron chi connectivity index (χ2n) is 4.31. The second-order valence-corrected chi connectivity index (χ2v) is 4.31. The third-order valence-electron chi connectivity index (χ3n) is 2.93. The molecule has 3 aromatic rings. The zero-order chi connectivity index (χ0) is 14.7. The third kappa shape index (κ3) is 2.81. The van der Waals surface area contributed by atoms with Crippen LogP contribution in [0.5, 0.6) is 11.5 Å². The van der Waals surface area contributed by atoms with Gasteiger partial charge in [0.2, 0.25) is 0 Å². The molecule has 0 saturated carbocycles. The average Bonchev–Trinajstić information content (AvgIpc) is 2.55. The molecule has 5 nitrogen and oxygen atoms in total. The van der Waals surface area contributed by atoms with E-state index in [4.69, 9.17) is 9.47 Å². The van der Waals surface area contributed by atoms with E-state index < -0.39 is 5.97 Å². The van der Waals surface area contributed by atoms with Crippen LogP contribution in [0, 0.1) is 0 Å². The predicted octanol–water partition coefficient (Wildman–Crippen LogP) is 2.86. The summed E-state index contributed by atoms with van der Waals surface area (Å²) in [6.45, 7) is 0. The Balaban J connectivity index is 1.82. The summed E-state index contributed by atoms with van der Waals surface area (Å²) in [5.74, 6) is 0.578. The van der Waals surface area contributed by atoms with Gasteiger partial charge in [-0.2, -0.15) is 0 Å². The highest BCUT2D eigenvalue weighted by molar-refractivity contribution is 5.90. The van der Waals surface area contributed by atoms with Crippen molar-refractivity contribution in [3.05, 3.63) is 60.4 Å². The molecule has 0 N–H and O–H groups in total. The van der Waals surface area contributed by atoms with Gasteiger partial charge in [0.05, 0.1) is 24.3 Å². The maximum atomic E-state index is 12.1. The first-order valence-corrected chi connectivity index (χ1v) is 6.34. The molecule has 0 saturated heterocycles. The normalized spacial score (nSPS) is 10.3. The lowest BCUT2D eigenvalue weighted by Gasteiger charge is -2.05. The van der Waals surface area contributed by atoms with Crippen molar-refractivity contribution in [2.24, 2.45) is 0 Å². The minimum absolute atomic E-state index is 0.171. The molecule has 0 amide bonds. The van der Waals surface area contributed by atoms with Crippen molar-refractivity contribution in [2.75, 3.05) is 7.11 Å². The number of aromatic nitrogens is 2. The van der Waals surface area contributed by atoms with E-state index in [2.05, 4.69) is 9.97 Å². The number of rotatable bonds is 3. The van der Waals surface area contributed by atoms with Crippen LogP contribution in [0.15, 0.2) is 54.7 Å². The molecule has 5 heteroatoms. The van der Waals surface area contributed by atoms with Crippen molar-refractivity contribution in [1.29, 1.82) is 0 Å². The molecule has 0 atom stereocenters. The fraction of sp³-hybridized carbons (Fsp3) is 0.0625. The smallest absolute Gasteiger partial charge is 0.363 e. The molecule has 3 rings (SSSR count). The zero-order valence-electron chi connectivity index (χ0n) is 11.3. The Hall–Kier alpha value is -2.95. The van der Waals surface area contributed by atoms with Crippen LogP contribution in [0.1, 0.15) is 10.5 Å².